The minimum Gasteiger partial charge on any atom is -0.508 e. The molecule has 0 saturated heterocycles. The summed E-state index contributed by atoms with van der Waals surface area (Å²) in [7, 11) is 0. The molecule has 3 heteroatoms. The molecule has 2 aromatic carbocycles. The van der Waals surface area contributed by atoms with Gasteiger partial charge in [0.15, 0.2) is 0 Å². The summed E-state index contributed by atoms with van der Waals surface area (Å²) in [6, 6.07) is 15.2. The number of ether oxygens (including phenoxy) is 1. The summed E-state index contributed by atoms with van der Waals surface area (Å²) in [6.07, 6.45) is 1.07. The highest BCUT2D eigenvalue weighted by atomic mass is 16.5. The Labute approximate surface area is 126 Å². The van der Waals surface area contributed by atoms with Gasteiger partial charge in [0.2, 0.25) is 0 Å². The Morgan fingerprint density at radius 3 is 2.52 bits per heavy atom. The van der Waals surface area contributed by atoms with Crippen molar-refractivity contribution in [3.05, 3.63) is 54.1 Å². The fourth-order valence-corrected chi connectivity index (χ4v) is 1.94. The zero-order valence-corrected chi connectivity index (χ0v) is 12.7. The van der Waals surface area contributed by atoms with Crippen LogP contribution in [0.4, 0.5) is 5.69 Å². The van der Waals surface area contributed by atoms with Crippen molar-refractivity contribution < 1.29 is 9.84 Å². The van der Waals surface area contributed by atoms with E-state index in [9.17, 15) is 5.11 Å². The van der Waals surface area contributed by atoms with Crippen molar-refractivity contribution in [3.63, 3.8) is 0 Å². The molecule has 2 N–H and O–H groups in total. The zero-order chi connectivity index (χ0) is 15.1. The first-order valence-electron chi connectivity index (χ1n) is 7.38. The lowest BCUT2D eigenvalue weighted by Gasteiger charge is -2.10. The van der Waals surface area contributed by atoms with Gasteiger partial charge in [-0.05, 0) is 42.2 Å². The van der Waals surface area contributed by atoms with E-state index >= 15 is 0 Å². The lowest BCUT2D eigenvalue weighted by molar-refractivity contribution is 0.289. The summed E-state index contributed by atoms with van der Waals surface area (Å²) in [5.74, 6) is 1.85. The van der Waals surface area contributed by atoms with Crippen LogP contribution >= 0.6 is 0 Å². The number of hydrogen-bond donors (Lipinski definition) is 2. The predicted octanol–water partition coefficient (Wildman–Crippen LogP) is 4.43. The van der Waals surface area contributed by atoms with Crippen molar-refractivity contribution in [1.29, 1.82) is 0 Å². The summed E-state index contributed by atoms with van der Waals surface area (Å²) in [4.78, 5) is 0. The van der Waals surface area contributed by atoms with Crippen LogP contribution < -0.4 is 10.1 Å². The number of nitrogens with one attached hydrogen (secondary N) is 1. The number of anilines is 1. The first kappa shape index (κ1) is 15.2. The highest BCUT2D eigenvalue weighted by Gasteiger charge is 1.99. The molecule has 0 saturated carbocycles. The molecule has 0 unspecified atom stereocenters. The van der Waals surface area contributed by atoms with Crippen molar-refractivity contribution in [3.8, 4) is 11.5 Å². The molecule has 21 heavy (non-hydrogen) atoms. The van der Waals surface area contributed by atoms with Gasteiger partial charge in [0.05, 0.1) is 6.61 Å². The molecule has 2 rings (SSSR count). The normalized spacial score (nSPS) is 10.6. The van der Waals surface area contributed by atoms with E-state index in [1.165, 1.54) is 5.56 Å². The fourth-order valence-electron chi connectivity index (χ4n) is 1.94. The summed E-state index contributed by atoms with van der Waals surface area (Å²) in [5.41, 5.74) is 2.09. The fraction of sp³-hybridized carbons (Fsp3) is 0.333. The molecule has 0 bridgehead atoms. The van der Waals surface area contributed by atoms with Gasteiger partial charge in [-0.3, -0.25) is 0 Å². The Bertz CT molecular complexity index is 549. The predicted molar refractivity (Wildman–Crippen MR) is 86.8 cm³/mol. The van der Waals surface area contributed by atoms with E-state index in [1.807, 2.05) is 24.3 Å². The van der Waals surface area contributed by atoms with Crippen LogP contribution in [0, 0.1) is 5.92 Å². The monoisotopic (exact) mass is 285 g/mol. The van der Waals surface area contributed by atoms with Gasteiger partial charge in [-0.2, -0.15) is 0 Å². The van der Waals surface area contributed by atoms with Crippen LogP contribution in [0.25, 0.3) is 0 Å². The Morgan fingerprint density at radius 2 is 1.86 bits per heavy atom. The van der Waals surface area contributed by atoms with Gasteiger partial charge in [-0.15, -0.1) is 0 Å². The number of benzene rings is 2. The highest BCUT2D eigenvalue weighted by molar-refractivity contribution is 5.48. The summed E-state index contributed by atoms with van der Waals surface area (Å²) >= 11 is 0. The summed E-state index contributed by atoms with van der Waals surface area (Å²) in [6.45, 7) is 5.87. The maximum absolute atomic E-state index is 9.41. The average molecular weight is 285 g/mol. The Hall–Kier alpha value is -2.16. The SMILES string of the molecule is CC(C)CCOc1ccc(CNc2cccc(O)c2)cc1. The van der Waals surface area contributed by atoms with E-state index in [0.717, 1.165) is 31.0 Å². The van der Waals surface area contributed by atoms with Gasteiger partial charge in [0.1, 0.15) is 11.5 Å². The van der Waals surface area contributed by atoms with Gasteiger partial charge in [0.25, 0.3) is 0 Å². The lowest BCUT2D eigenvalue weighted by Crippen LogP contribution is -2.02. The van der Waals surface area contributed by atoms with Crippen molar-refractivity contribution in [1.82, 2.24) is 0 Å². The molecule has 3 nitrogen and oxygen atoms in total. The van der Waals surface area contributed by atoms with Crippen LogP contribution in [0.5, 0.6) is 11.5 Å². The van der Waals surface area contributed by atoms with E-state index in [0.29, 0.717) is 5.92 Å². The minimum absolute atomic E-state index is 0.272. The van der Waals surface area contributed by atoms with E-state index in [-0.39, 0.29) is 5.75 Å². The number of aromatic hydroxyl groups is 1. The molecule has 0 amide bonds. The van der Waals surface area contributed by atoms with Crippen molar-refractivity contribution in [2.24, 2.45) is 5.92 Å². The first-order chi connectivity index (χ1) is 10.1. The second-order valence-corrected chi connectivity index (χ2v) is 5.58. The van der Waals surface area contributed by atoms with E-state index < -0.39 is 0 Å². The molecule has 0 aliphatic rings. The largest absolute Gasteiger partial charge is 0.508 e. The van der Waals surface area contributed by atoms with Gasteiger partial charge >= 0.3 is 0 Å². The maximum Gasteiger partial charge on any atom is 0.119 e. The zero-order valence-electron chi connectivity index (χ0n) is 12.7. The highest BCUT2D eigenvalue weighted by Crippen LogP contribution is 2.17. The van der Waals surface area contributed by atoms with Crippen LogP contribution in [-0.4, -0.2) is 11.7 Å². The molecule has 0 atom stereocenters. The van der Waals surface area contributed by atoms with E-state index in [4.69, 9.17) is 4.74 Å². The van der Waals surface area contributed by atoms with Crippen molar-refractivity contribution >= 4 is 5.69 Å². The topological polar surface area (TPSA) is 41.5 Å². The van der Waals surface area contributed by atoms with Gasteiger partial charge in [-0.1, -0.05) is 32.0 Å². The maximum atomic E-state index is 9.41. The van der Waals surface area contributed by atoms with Crippen molar-refractivity contribution in [2.45, 2.75) is 26.8 Å². The Balaban J connectivity index is 1.82. The number of rotatable bonds is 7. The Kier molecular flexibility index (Phi) is 5.50. The van der Waals surface area contributed by atoms with Gasteiger partial charge < -0.3 is 15.2 Å². The van der Waals surface area contributed by atoms with Crippen LogP contribution in [0.3, 0.4) is 0 Å². The van der Waals surface area contributed by atoms with Crippen molar-refractivity contribution in [2.75, 3.05) is 11.9 Å². The standard InChI is InChI=1S/C18H23NO2/c1-14(2)10-11-21-18-8-6-15(7-9-18)13-19-16-4-3-5-17(20)12-16/h3-9,12,14,19-20H,10-11,13H2,1-2H3. The number of phenols is 1. The van der Waals surface area contributed by atoms with Crippen LogP contribution in [-0.2, 0) is 6.54 Å². The molecule has 112 valence electrons. The van der Waals surface area contributed by atoms with Crippen LogP contribution in [0.15, 0.2) is 48.5 Å². The molecular weight excluding hydrogens is 262 g/mol. The van der Waals surface area contributed by atoms with Gasteiger partial charge in [0, 0.05) is 18.3 Å². The third kappa shape index (κ3) is 5.38. The molecular formula is C18H23NO2. The minimum atomic E-state index is 0.272. The third-order valence-corrected chi connectivity index (χ3v) is 3.23. The first-order valence-corrected chi connectivity index (χ1v) is 7.38. The van der Waals surface area contributed by atoms with E-state index in [2.05, 4.69) is 31.3 Å². The second-order valence-electron chi connectivity index (χ2n) is 5.58. The molecule has 2 aromatic rings. The average Bonchev–Trinajstić information content (AvgIpc) is 2.46. The molecule has 0 fully saturated rings. The summed E-state index contributed by atoms with van der Waals surface area (Å²) in [5, 5.41) is 12.7. The lowest BCUT2D eigenvalue weighted by atomic mass is 10.1. The molecule has 0 aromatic heterocycles. The summed E-state index contributed by atoms with van der Waals surface area (Å²) < 4.78 is 5.70. The molecule has 0 heterocycles. The van der Waals surface area contributed by atoms with Crippen LogP contribution in [0.1, 0.15) is 25.8 Å². The number of phenolic OH excluding ortho intramolecular Hbond substituents is 1. The number of hydrogen-bond acceptors (Lipinski definition) is 3. The molecule has 0 aliphatic heterocycles. The van der Waals surface area contributed by atoms with Crippen LogP contribution in [0.2, 0.25) is 0 Å². The molecule has 0 radical (unpaired) electrons. The third-order valence-electron chi connectivity index (χ3n) is 3.23. The molecule has 0 aliphatic carbocycles. The Morgan fingerprint density at radius 1 is 1.10 bits per heavy atom. The molecule has 0 spiro atoms. The van der Waals surface area contributed by atoms with Gasteiger partial charge in [-0.25, -0.2) is 0 Å². The quantitative estimate of drug-likeness (QED) is 0.790. The van der Waals surface area contributed by atoms with E-state index in [1.54, 1.807) is 12.1 Å². The second kappa shape index (κ2) is 7.58. The smallest absolute Gasteiger partial charge is 0.119 e.